The van der Waals surface area contributed by atoms with Gasteiger partial charge in [0.1, 0.15) is 27.9 Å². The van der Waals surface area contributed by atoms with Gasteiger partial charge in [-0.3, -0.25) is 0 Å². The normalized spacial score (nSPS) is 12.8. The lowest BCUT2D eigenvalue weighted by molar-refractivity contribution is 0.590. The summed E-state index contributed by atoms with van der Waals surface area (Å²) in [7, 11) is 2.27. The molecule has 1 aliphatic rings. The molecule has 0 spiro atoms. The predicted octanol–water partition coefficient (Wildman–Crippen LogP) is 16.8. The second-order valence-electron chi connectivity index (χ2n) is 21.3. The van der Waals surface area contributed by atoms with E-state index in [0.29, 0.717) is 0 Å². The van der Waals surface area contributed by atoms with Gasteiger partial charge in [0.25, 0.3) is 0 Å². The van der Waals surface area contributed by atoms with E-state index < -0.39 is 0 Å². The number of para-hydroxylation sites is 3. The standard InChI is InChI=1S/C64H49BN3O3/c1-63(2,3)37-21-24-39(25-22-37)66-52-35-57-49(44-27-26-42(32-56(44)70-57)67(40-15-9-7-10-16-40)41-17-11-8-12-18-41)33-47(52)45-28-29-46-48-34-50-43-19-13-14-20-54(43)69-58(50)36-53(48)68-60(46)59(45)65-62-61(68)51-31-38(64(4,5)6)23-30-55(51)71-62/h7-36,66H,1-6H3. The van der Waals surface area contributed by atoms with Crippen molar-refractivity contribution < 1.29 is 13.3 Å². The molecule has 1 N–H and O–H groups in total. The molecule has 0 saturated carbocycles. The van der Waals surface area contributed by atoms with E-state index in [4.69, 9.17) is 13.3 Å². The van der Waals surface area contributed by atoms with Crippen LogP contribution in [0, 0.1) is 0 Å². The van der Waals surface area contributed by atoms with E-state index >= 15 is 0 Å². The molecule has 71 heavy (non-hydrogen) atoms. The first-order valence-corrected chi connectivity index (χ1v) is 24.6. The highest BCUT2D eigenvalue weighted by Gasteiger charge is 2.32. The van der Waals surface area contributed by atoms with Gasteiger partial charge in [0.2, 0.25) is 7.28 Å². The summed E-state index contributed by atoms with van der Waals surface area (Å²) in [5, 5.41) is 11.6. The van der Waals surface area contributed by atoms with Crippen molar-refractivity contribution >= 4 is 123 Å². The zero-order valence-corrected chi connectivity index (χ0v) is 40.5. The molecule has 6 nitrogen and oxygen atoms in total. The molecule has 0 unspecified atom stereocenters. The first-order chi connectivity index (χ1) is 34.4. The molecule has 1 aliphatic heterocycles. The van der Waals surface area contributed by atoms with Crippen molar-refractivity contribution in [1.29, 1.82) is 0 Å². The minimum Gasteiger partial charge on any atom is -0.469 e. The number of fused-ring (bicyclic) bond motifs is 13. The second-order valence-corrected chi connectivity index (χ2v) is 21.3. The molecule has 1 radical (unpaired) electrons. The van der Waals surface area contributed by atoms with Crippen molar-refractivity contribution in [2.45, 2.75) is 52.4 Å². The number of aromatic nitrogens is 1. The third-order valence-electron chi connectivity index (χ3n) is 14.7. The van der Waals surface area contributed by atoms with Crippen LogP contribution in [-0.4, -0.2) is 11.8 Å². The number of anilines is 5. The van der Waals surface area contributed by atoms with E-state index in [1.807, 2.05) is 6.07 Å². The van der Waals surface area contributed by atoms with Crippen molar-refractivity contribution in [2.24, 2.45) is 0 Å². The Balaban J connectivity index is 1.02. The van der Waals surface area contributed by atoms with Crippen LogP contribution in [0.2, 0.25) is 0 Å². The fourth-order valence-electron chi connectivity index (χ4n) is 11.1. The Morgan fingerprint density at radius 2 is 1.06 bits per heavy atom. The van der Waals surface area contributed by atoms with Gasteiger partial charge in [-0.1, -0.05) is 126 Å². The first kappa shape index (κ1) is 41.5. The molecule has 0 atom stereocenters. The minimum atomic E-state index is -0.0482. The monoisotopic (exact) mass is 918 g/mol. The highest BCUT2D eigenvalue weighted by molar-refractivity contribution is 6.73. The number of hydrogen-bond acceptors (Lipinski definition) is 5. The molecule has 9 aromatic carbocycles. The van der Waals surface area contributed by atoms with Crippen molar-refractivity contribution in [3.63, 3.8) is 0 Å². The lowest BCUT2D eigenvalue weighted by Gasteiger charge is -2.25. The SMILES string of the molecule is CC(C)(C)c1ccc(Nc2cc3oc4cc(N(c5ccccc5)c5ccccc5)ccc4c3cc2-c2ccc3c4cc5c(cc4n4c3c2[B]c2oc3ccc(C(C)(C)C)cc3c2-4)oc2ccccc25)cc1. The molecule has 4 aromatic heterocycles. The summed E-state index contributed by atoms with van der Waals surface area (Å²) < 4.78 is 22.9. The van der Waals surface area contributed by atoms with Crippen LogP contribution in [0.15, 0.2) is 195 Å². The van der Waals surface area contributed by atoms with Crippen LogP contribution in [0.1, 0.15) is 52.7 Å². The molecule has 0 saturated heterocycles. The molecule has 0 bridgehead atoms. The Bertz CT molecular complexity index is 4260. The van der Waals surface area contributed by atoms with Gasteiger partial charge < -0.3 is 28.0 Å². The highest BCUT2D eigenvalue weighted by Crippen LogP contribution is 2.46. The van der Waals surface area contributed by atoms with E-state index in [2.05, 4.69) is 240 Å². The van der Waals surface area contributed by atoms with Crippen molar-refractivity contribution in [1.82, 2.24) is 4.57 Å². The van der Waals surface area contributed by atoms with Gasteiger partial charge in [0, 0.05) is 89.7 Å². The van der Waals surface area contributed by atoms with Gasteiger partial charge in [0.05, 0.1) is 22.6 Å². The van der Waals surface area contributed by atoms with E-state index in [0.717, 1.165) is 122 Å². The second kappa shape index (κ2) is 15.0. The summed E-state index contributed by atoms with van der Waals surface area (Å²) in [6, 6.07) is 65.1. The van der Waals surface area contributed by atoms with Gasteiger partial charge in [-0.15, -0.1) is 0 Å². The number of hydrogen-bond donors (Lipinski definition) is 1. The number of nitrogens with one attached hydrogen (secondary N) is 1. The van der Waals surface area contributed by atoms with E-state index in [1.165, 1.54) is 21.9 Å². The zero-order valence-electron chi connectivity index (χ0n) is 40.5. The summed E-state index contributed by atoms with van der Waals surface area (Å²) in [5.41, 5.74) is 19.1. The molecular weight excluding hydrogens is 870 g/mol. The third kappa shape index (κ3) is 6.49. The van der Waals surface area contributed by atoms with Crippen molar-refractivity contribution in [3.05, 3.63) is 193 Å². The Morgan fingerprint density at radius 1 is 0.437 bits per heavy atom. The van der Waals surface area contributed by atoms with Gasteiger partial charge in [0.15, 0.2) is 0 Å². The quantitative estimate of drug-likeness (QED) is 0.168. The van der Waals surface area contributed by atoms with Gasteiger partial charge in [-0.05, 0) is 112 Å². The Hall–Kier alpha value is -8.42. The Labute approximate surface area is 412 Å². The van der Waals surface area contributed by atoms with Gasteiger partial charge in [-0.25, -0.2) is 0 Å². The maximum atomic E-state index is 6.93. The summed E-state index contributed by atoms with van der Waals surface area (Å²) >= 11 is 0. The summed E-state index contributed by atoms with van der Waals surface area (Å²) in [6.45, 7) is 13.6. The zero-order chi connectivity index (χ0) is 47.9. The Kier molecular flexibility index (Phi) is 8.80. The maximum absolute atomic E-state index is 6.93. The molecule has 0 amide bonds. The molecule has 5 heterocycles. The van der Waals surface area contributed by atoms with Crippen LogP contribution in [0.5, 0.6) is 0 Å². The maximum Gasteiger partial charge on any atom is 0.247 e. The molecule has 0 aliphatic carbocycles. The minimum absolute atomic E-state index is 0.0260. The van der Waals surface area contributed by atoms with Gasteiger partial charge >= 0.3 is 0 Å². The van der Waals surface area contributed by atoms with E-state index in [9.17, 15) is 0 Å². The van der Waals surface area contributed by atoms with Crippen LogP contribution in [0.25, 0.3) is 93.5 Å². The van der Waals surface area contributed by atoms with Crippen LogP contribution in [0.3, 0.4) is 0 Å². The average Bonchev–Trinajstić information content (AvgIpc) is 4.12. The fraction of sp³-hybridized carbons (Fsp3) is 0.125. The highest BCUT2D eigenvalue weighted by atomic mass is 16.3. The molecular formula is C64H49BN3O3. The Morgan fingerprint density at radius 3 is 1.80 bits per heavy atom. The van der Waals surface area contributed by atoms with E-state index in [-0.39, 0.29) is 10.8 Å². The van der Waals surface area contributed by atoms with Crippen LogP contribution in [0.4, 0.5) is 28.4 Å². The van der Waals surface area contributed by atoms with Crippen LogP contribution >= 0.6 is 0 Å². The topological polar surface area (TPSA) is 59.6 Å². The van der Waals surface area contributed by atoms with Crippen molar-refractivity contribution in [2.75, 3.05) is 10.2 Å². The van der Waals surface area contributed by atoms with E-state index in [1.54, 1.807) is 0 Å². The van der Waals surface area contributed by atoms with Crippen LogP contribution in [-0.2, 0) is 10.8 Å². The lowest BCUT2D eigenvalue weighted by atomic mass is 9.62. The predicted molar refractivity (Wildman–Crippen MR) is 297 cm³/mol. The number of benzene rings is 9. The molecule has 7 heteroatoms. The molecule has 341 valence electrons. The molecule has 0 fully saturated rings. The smallest absolute Gasteiger partial charge is 0.247 e. The van der Waals surface area contributed by atoms with Crippen molar-refractivity contribution in [3.8, 4) is 16.8 Å². The number of nitrogens with zero attached hydrogens (tertiary/aromatic N) is 2. The van der Waals surface area contributed by atoms with Crippen LogP contribution < -0.4 is 21.3 Å². The first-order valence-electron chi connectivity index (χ1n) is 24.6. The fourth-order valence-corrected chi connectivity index (χ4v) is 11.1. The van der Waals surface area contributed by atoms with Gasteiger partial charge in [-0.2, -0.15) is 0 Å². The summed E-state index contributed by atoms with van der Waals surface area (Å²) in [6.07, 6.45) is 0. The largest absolute Gasteiger partial charge is 0.469 e. The lowest BCUT2D eigenvalue weighted by Crippen LogP contribution is -2.36. The average molecular weight is 919 g/mol. The number of rotatable bonds is 6. The summed E-state index contributed by atoms with van der Waals surface area (Å²) in [5.74, 6) is 0. The molecule has 14 rings (SSSR count). The molecule has 13 aromatic rings. The third-order valence-corrected chi connectivity index (χ3v) is 14.7. The number of furan rings is 3. The summed E-state index contributed by atoms with van der Waals surface area (Å²) in [4.78, 5) is 2.27.